The van der Waals surface area contributed by atoms with E-state index >= 15 is 0 Å². The molecule has 0 spiro atoms. The lowest BCUT2D eigenvalue weighted by molar-refractivity contribution is 0.0983. The molecule has 0 radical (unpaired) electrons. The van der Waals surface area contributed by atoms with Crippen molar-refractivity contribution < 1.29 is 4.79 Å². The number of hydrogen-bond donors (Lipinski definition) is 0. The molecule has 0 N–H and O–H groups in total. The summed E-state index contributed by atoms with van der Waals surface area (Å²) in [4.78, 5) is 25.0. The van der Waals surface area contributed by atoms with E-state index in [2.05, 4.69) is 63.1 Å². The molecule has 7 heteroatoms. The van der Waals surface area contributed by atoms with Crippen LogP contribution in [-0.2, 0) is 0 Å². The first kappa shape index (κ1) is 24.1. The lowest BCUT2D eigenvalue weighted by atomic mass is 10.2. The van der Waals surface area contributed by atoms with Crippen LogP contribution >= 0.6 is 34.9 Å². The van der Waals surface area contributed by atoms with Crippen LogP contribution in [0.3, 0.4) is 0 Å². The Morgan fingerprint density at radius 3 is 2.52 bits per heavy atom. The van der Waals surface area contributed by atoms with Gasteiger partial charge >= 0.3 is 0 Å². The van der Waals surface area contributed by atoms with Gasteiger partial charge in [-0.05, 0) is 49.7 Å². The monoisotopic (exact) mass is 473 g/mol. The van der Waals surface area contributed by atoms with Crippen LogP contribution in [-0.4, -0.2) is 53.5 Å². The first-order valence-electron chi connectivity index (χ1n) is 10.7. The van der Waals surface area contributed by atoms with Gasteiger partial charge in [-0.2, -0.15) is 0 Å². The Balaban J connectivity index is 1.97. The second-order valence-electron chi connectivity index (χ2n) is 7.48. The summed E-state index contributed by atoms with van der Waals surface area (Å²) in [5, 5.41) is 1.24. The first-order chi connectivity index (χ1) is 15.0. The van der Waals surface area contributed by atoms with E-state index in [9.17, 15) is 4.79 Å². The number of aromatic nitrogens is 1. The summed E-state index contributed by atoms with van der Waals surface area (Å²) < 4.78 is 1.12. The average molecular weight is 474 g/mol. The maximum absolute atomic E-state index is 13.7. The maximum Gasteiger partial charge on any atom is 0.260 e. The number of rotatable bonds is 10. The van der Waals surface area contributed by atoms with Crippen LogP contribution in [0.5, 0.6) is 0 Å². The zero-order chi connectivity index (χ0) is 22.4. The highest BCUT2D eigenvalue weighted by Gasteiger charge is 2.23. The summed E-state index contributed by atoms with van der Waals surface area (Å²) in [6.45, 7) is 12.0. The first-order valence-corrected chi connectivity index (χ1v) is 13.6. The van der Waals surface area contributed by atoms with Crippen LogP contribution in [0, 0.1) is 0 Å². The predicted octanol–water partition coefficient (Wildman–Crippen LogP) is 6.51. The Labute approximate surface area is 198 Å². The van der Waals surface area contributed by atoms with Crippen molar-refractivity contribution in [3.63, 3.8) is 0 Å². The molecule has 1 amide bonds. The fraction of sp³-hybridized carbons (Fsp3) is 0.417. The minimum absolute atomic E-state index is 0.0168. The summed E-state index contributed by atoms with van der Waals surface area (Å²) in [7, 11) is 0. The van der Waals surface area contributed by atoms with Gasteiger partial charge in [0, 0.05) is 33.7 Å². The summed E-state index contributed by atoms with van der Waals surface area (Å²) in [5.41, 5.74) is 1.70. The van der Waals surface area contributed by atoms with Crippen molar-refractivity contribution in [2.75, 3.05) is 37.3 Å². The van der Waals surface area contributed by atoms with E-state index in [0.29, 0.717) is 11.8 Å². The topological polar surface area (TPSA) is 36.4 Å². The summed E-state index contributed by atoms with van der Waals surface area (Å²) in [5.74, 6) is 0.0168. The van der Waals surface area contributed by atoms with E-state index in [0.717, 1.165) is 50.3 Å². The molecule has 0 fully saturated rings. The van der Waals surface area contributed by atoms with Crippen molar-refractivity contribution in [3.05, 3.63) is 48.0 Å². The van der Waals surface area contributed by atoms with Gasteiger partial charge in [-0.1, -0.05) is 51.2 Å². The van der Waals surface area contributed by atoms with E-state index < -0.39 is 0 Å². The number of carbonyl (C=O) groups excluding carboxylic acids is 1. The van der Waals surface area contributed by atoms with Crippen molar-refractivity contribution in [3.8, 4) is 0 Å². The molecule has 0 bridgehead atoms. The number of thioether (sulfide) groups is 2. The fourth-order valence-corrected chi connectivity index (χ4v) is 5.93. The number of para-hydroxylation sites is 1. The molecule has 0 aliphatic carbocycles. The third kappa shape index (κ3) is 6.04. The Morgan fingerprint density at radius 2 is 1.84 bits per heavy atom. The van der Waals surface area contributed by atoms with Crippen LogP contribution in [0.2, 0.25) is 0 Å². The molecular formula is C24H31N3OS3. The average Bonchev–Trinajstić information content (AvgIpc) is 3.20. The molecular weight excluding hydrogens is 442 g/mol. The molecule has 3 rings (SSSR count). The smallest absolute Gasteiger partial charge is 0.260 e. The number of hydrogen-bond acceptors (Lipinski definition) is 6. The van der Waals surface area contributed by atoms with Gasteiger partial charge in [0.25, 0.3) is 5.91 Å². The number of anilines is 1. The minimum Gasteiger partial charge on any atom is -0.302 e. The molecule has 0 atom stereocenters. The number of nitrogens with zero attached hydrogens (tertiary/aromatic N) is 3. The Hall–Kier alpha value is -1.54. The third-order valence-electron chi connectivity index (χ3n) is 5.05. The second-order valence-corrected chi connectivity index (χ2v) is 11.0. The third-order valence-corrected chi connectivity index (χ3v) is 7.86. The summed E-state index contributed by atoms with van der Waals surface area (Å²) >= 11 is 5.06. The van der Waals surface area contributed by atoms with Gasteiger partial charge in [-0.25, -0.2) is 4.98 Å². The molecule has 1 heterocycles. The van der Waals surface area contributed by atoms with E-state index in [1.54, 1.807) is 34.9 Å². The zero-order valence-electron chi connectivity index (χ0n) is 18.9. The molecule has 3 aromatic rings. The van der Waals surface area contributed by atoms with Gasteiger partial charge in [0.05, 0.1) is 10.2 Å². The lowest BCUT2D eigenvalue weighted by Crippen LogP contribution is -2.38. The highest BCUT2D eigenvalue weighted by Crippen LogP contribution is 2.35. The van der Waals surface area contributed by atoms with Crippen molar-refractivity contribution >= 4 is 56.1 Å². The molecule has 0 aliphatic rings. The van der Waals surface area contributed by atoms with Crippen molar-refractivity contribution in [2.45, 2.75) is 42.7 Å². The second kappa shape index (κ2) is 11.4. The lowest BCUT2D eigenvalue weighted by Gasteiger charge is -2.25. The summed E-state index contributed by atoms with van der Waals surface area (Å²) in [6.07, 6.45) is 2.06. The molecule has 2 aromatic carbocycles. The van der Waals surface area contributed by atoms with Crippen LogP contribution < -0.4 is 4.90 Å². The molecule has 0 unspecified atom stereocenters. The summed E-state index contributed by atoms with van der Waals surface area (Å²) in [6, 6.07) is 14.2. The van der Waals surface area contributed by atoms with Gasteiger partial charge in [-0.3, -0.25) is 9.69 Å². The fourth-order valence-electron chi connectivity index (χ4n) is 3.39. The Bertz CT molecular complexity index is 1010. The molecule has 1 aromatic heterocycles. The normalized spacial score (nSPS) is 11.6. The van der Waals surface area contributed by atoms with Gasteiger partial charge in [0.15, 0.2) is 5.13 Å². The van der Waals surface area contributed by atoms with Crippen molar-refractivity contribution in [2.24, 2.45) is 0 Å². The van der Waals surface area contributed by atoms with E-state index in [1.807, 2.05) is 23.1 Å². The Kier molecular flexibility index (Phi) is 8.84. The van der Waals surface area contributed by atoms with Gasteiger partial charge < -0.3 is 4.90 Å². The highest BCUT2D eigenvalue weighted by atomic mass is 32.2. The van der Waals surface area contributed by atoms with Crippen LogP contribution in [0.25, 0.3) is 10.2 Å². The molecule has 0 saturated carbocycles. The molecule has 31 heavy (non-hydrogen) atoms. The quantitative estimate of drug-likeness (QED) is 0.314. The number of fused-ring (bicyclic) bond motifs is 1. The highest BCUT2D eigenvalue weighted by molar-refractivity contribution is 8.00. The van der Waals surface area contributed by atoms with Crippen LogP contribution in [0.15, 0.2) is 52.3 Å². The van der Waals surface area contributed by atoms with E-state index in [-0.39, 0.29) is 5.91 Å². The maximum atomic E-state index is 13.7. The zero-order valence-corrected chi connectivity index (χ0v) is 21.4. The van der Waals surface area contributed by atoms with Crippen molar-refractivity contribution in [1.82, 2.24) is 9.88 Å². The van der Waals surface area contributed by atoms with Crippen LogP contribution in [0.1, 0.15) is 38.1 Å². The molecule has 0 saturated heterocycles. The molecule has 166 valence electrons. The van der Waals surface area contributed by atoms with Crippen LogP contribution in [0.4, 0.5) is 5.13 Å². The predicted molar refractivity (Wildman–Crippen MR) is 138 cm³/mol. The SMILES string of the molecule is CCN(CC)CCN(C(=O)c1cccc(SC(C)C)c1)c1nc2c(SC)cccc2s1. The van der Waals surface area contributed by atoms with Crippen molar-refractivity contribution in [1.29, 1.82) is 0 Å². The minimum atomic E-state index is 0.0168. The standard InChI is InChI=1S/C24H31N3OS3/c1-6-26(7-2)14-15-27(23(28)18-10-8-11-19(16-18)30-17(3)4)24-25-22-20(29-5)12-9-13-21(22)31-24/h8-13,16-17H,6-7,14-15H2,1-5H3. The number of thiazole rings is 1. The number of benzene rings is 2. The van der Waals surface area contributed by atoms with Gasteiger partial charge in [-0.15, -0.1) is 23.5 Å². The van der Waals surface area contributed by atoms with Gasteiger partial charge in [0.1, 0.15) is 0 Å². The number of likely N-dealkylation sites (N-methyl/N-ethyl adjacent to an activating group) is 1. The number of amides is 1. The Morgan fingerprint density at radius 1 is 1.10 bits per heavy atom. The van der Waals surface area contributed by atoms with Gasteiger partial charge in [0.2, 0.25) is 0 Å². The van der Waals surface area contributed by atoms with E-state index in [4.69, 9.17) is 4.98 Å². The molecule has 0 aliphatic heterocycles. The van der Waals surface area contributed by atoms with E-state index in [1.165, 1.54) is 0 Å². The molecule has 4 nitrogen and oxygen atoms in total. The number of carbonyl (C=O) groups is 1. The largest absolute Gasteiger partial charge is 0.302 e.